The molecule has 1 aromatic carbocycles. The first-order chi connectivity index (χ1) is 9.42. The van der Waals surface area contributed by atoms with Crippen molar-refractivity contribution in [3.8, 4) is 0 Å². The van der Waals surface area contributed by atoms with Crippen molar-refractivity contribution in [2.45, 2.75) is 31.2 Å². The normalized spacial score (nSPS) is 16.1. The summed E-state index contributed by atoms with van der Waals surface area (Å²) in [6.45, 7) is 0. The molecule has 0 radical (unpaired) electrons. The van der Waals surface area contributed by atoms with E-state index in [1.165, 1.54) is 30.1 Å². The van der Waals surface area contributed by atoms with Gasteiger partial charge in [0.1, 0.15) is 5.82 Å². The van der Waals surface area contributed by atoms with E-state index in [-0.39, 0.29) is 6.42 Å². The molecule has 0 aromatic heterocycles. The molecular weight excluding hydrogens is 263 g/mol. The molecule has 20 heavy (non-hydrogen) atoms. The number of halogens is 1. The summed E-state index contributed by atoms with van der Waals surface area (Å²) in [4.78, 5) is 24.3. The lowest BCUT2D eigenvalue weighted by atomic mass is 9.74. The quantitative estimate of drug-likeness (QED) is 0.889. The topological polar surface area (TPSA) is 69.6 Å². The van der Waals surface area contributed by atoms with Crippen molar-refractivity contribution in [3.63, 3.8) is 0 Å². The molecule has 1 fully saturated rings. The largest absolute Gasteiger partial charge is 0.481 e. The first kappa shape index (κ1) is 14.3. The third-order valence-electron chi connectivity index (χ3n) is 3.67. The Morgan fingerprint density at radius 3 is 2.65 bits per heavy atom. The number of nitrogens with one attached hydrogen (secondary N) is 1. The lowest BCUT2D eigenvalue weighted by Crippen LogP contribution is -2.57. The van der Waals surface area contributed by atoms with E-state index in [1.54, 1.807) is 6.07 Å². The van der Waals surface area contributed by atoms with Gasteiger partial charge in [0.15, 0.2) is 0 Å². The van der Waals surface area contributed by atoms with E-state index in [0.717, 1.165) is 6.42 Å². The standard InChI is InChI=1S/C14H17FN2O3/c1-17(11-5-2-4-10(15)8-11)13(20)16-14(6-3-7-14)9-12(18)19/h2,4-5,8H,3,6-7,9H2,1H3,(H,16,20)(H,18,19). The van der Waals surface area contributed by atoms with Crippen LogP contribution < -0.4 is 10.2 Å². The van der Waals surface area contributed by atoms with Crippen molar-refractivity contribution >= 4 is 17.7 Å². The number of aliphatic carboxylic acids is 1. The predicted octanol–water partition coefficient (Wildman–Crippen LogP) is 2.37. The van der Waals surface area contributed by atoms with Gasteiger partial charge in [-0.2, -0.15) is 0 Å². The summed E-state index contributed by atoms with van der Waals surface area (Å²) in [5.41, 5.74) is -0.239. The Labute approximate surface area is 116 Å². The zero-order valence-electron chi connectivity index (χ0n) is 11.2. The highest BCUT2D eigenvalue weighted by Crippen LogP contribution is 2.35. The van der Waals surface area contributed by atoms with E-state index in [2.05, 4.69) is 5.32 Å². The Bertz CT molecular complexity index is 529. The molecule has 1 saturated carbocycles. The summed E-state index contributed by atoms with van der Waals surface area (Å²) in [6.07, 6.45) is 2.12. The summed E-state index contributed by atoms with van der Waals surface area (Å²) in [6, 6.07) is 5.27. The van der Waals surface area contributed by atoms with Crippen LogP contribution in [0.1, 0.15) is 25.7 Å². The molecule has 0 spiro atoms. The Morgan fingerprint density at radius 2 is 2.15 bits per heavy atom. The van der Waals surface area contributed by atoms with Crippen molar-refractivity contribution in [2.75, 3.05) is 11.9 Å². The number of rotatable bonds is 4. The van der Waals surface area contributed by atoms with Crippen LogP contribution in [0.25, 0.3) is 0 Å². The highest BCUT2D eigenvalue weighted by molar-refractivity contribution is 5.92. The minimum atomic E-state index is -0.932. The first-order valence-corrected chi connectivity index (χ1v) is 6.45. The van der Waals surface area contributed by atoms with E-state index >= 15 is 0 Å². The Hall–Kier alpha value is -2.11. The molecule has 1 aliphatic rings. The molecule has 1 aliphatic carbocycles. The molecule has 6 heteroatoms. The molecule has 0 aliphatic heterocycles. The zero-order chi connectivity index (χ0) is 14.8. The number of hydrogen-bond donors (Lipinski definition) is 2. The van der Waals surface area contributed by atoms with Gasteiger partial charge >= 0.3 is 12.0 Å². The van der Waals surface area contributed by atoms with Gasteiger partial charge in [0, 0.05) is 12.7 Å². The number of carboxylic acid groups (broad SMARTS) is 1. The van der Waals surface area contributed by atoms with Gasteiger partial charge in [0.25, 0.3) is 0 Å². The summed E-state index contributed by atoms with van der Waals surface area (Å²) in [7, 11) is 1.53. The zero-order valence-corrected chi connectivity index (χ0v) is 11.2. The monoisotopic (exact) mass is 280 g/mol. The van der Waals surface area contributed by atoms with Crippen LogP contribution in [0.2, 0.25) is 0 Å². The first-order valence-electron chi connectivity index (χ1n) is 6.45. The molecular formula is C14H17FN2O3. The average Bonchev–Trinajstić information content (AvgIpc) is 2.34. The van der Waals surface area contributed by atoms with Crippen molar-refractivity contribution in [1.82, 2.24) is 5.32 Å². The van der Waals surface area contributed by atoms with Gasteiger partial charge in [0.2, 0.25) is 0 Å². The fourth-order valence-electron chi connectivity index (χ4n) is 2.35. The summed E-state index contributed by atoms with van der Waals surface area (Å²) in [5, 5.41) is 11.7. The van der Waals surface area contributed by atoms with E-state index in [0.29, 0.717) is 18.5 Å². The third kappa shape index (κ3) is 3.07. The molecule has 2 amide bonds. The van der Waals surface area contributed by atoms with Crippen molar-refractivity contribution in [2.24, 2.45) is 0 Å². The maximum atomic E-state index is 13.1. The van der Waals surface area contributed by atoms with Crippen molar-refractivity contribution in [3.05, 3.63) is 30.1 Å². The van der Waals surface area contributed by atoms with Gasteiger partial charge in [-0.1, -0.05) is 6.07 Å². The van der Waals surface area contributed by atoms with Crippen LogP contribution in [0.4, 0.5) is 14.9 Å². The smallest absolute Gasteiger partial charge is 0.322 e. The number of carboxylic acids is 1. The van der Waals surface area contributed by atoms with Crippen LogP contribution in [0.5, 0.6) is 0 Å². The number of amides is 2. The lowest BCUT2D eigenvalue weighted by molar-refractivity contribution is -0.139. The van der Waals surface area contributed by atoms with Crippen LogP contribution in [0.3, 0.4) is 0 Å². The SMILES string of the molecule is CN(C(=O)NC1(CC(=O)O)CCC1)c1cccc(F)c1. The minimum absolute atomic E-state index is 0.0876. The molecule has 0 bridgehead atoms. The Kier molecular flexibility index (Phi) is 3.92. The summed E-state index contributed by atoms with van der Waals surface area (Å²) < 4.78 is 13.1. The number of anilines is 1. The highest BCUT2D eigenvalue weighted by atomic mass is 19.1. The van der Waals surface area contributed by atoms with Gasteiger partial charge in [-0.3, -0.25) is 9.69 Å². The minimum Gasteiger partial charge on any atom is -0.481 e. The predicted molar refractivity (Wildman–Crippen MR) is 72.2 cm³/mol. The summed E-state index contributed by atoms with van der Waals surface area (Å²) >= 11 is 0. The molecule has 0 saturated heterocycles. The van der Waals surface area contributed by atoms with Gasteiger partial charge in [0.05, 0.1) is 12.0 Å². The molecule has 0 unspecified atom stereocenters. The summed E-state index contributed by atoms with van der Waals surface area (Å²) in [5.74, 6) is -1.36. The Balaban J connectivity index is 2.05. The fraction of sp³-hybridized carbons (Fsp3) is 0.429. The van der Waals surface area contributed by atoms with Gasteiger partial charge < -0.3 is 10.4 Å². The number of carbonyl (C=O) groups is 2. The second-order valence-corrected chi connectivity index (χ2v) is 5.17. The molecule has 5 nitrogen and oxygen atoms in total. The fourth-order valence-corrected chi connectivity index (χ4v) is 2.35. The molecule has 2 N–H and O–H groups in total. The molecule has 0 heterocycles. The molecule has 1 aromatic rings. The average molecular weight is 280 g/mol. The molecule has 0 atom stereocenters. The molecule has 2 rings (SSSR count). The molecule has 108 valence electrons. The van der Waals surface area contributed by atoms with Crippen LogP contribution in [0.15, 0.2) is 24.3 Å². The van der Waals surface area contributed by atoms with Crippen LogP contribution in [-0.2, 0) is 4.79 Å². The number of nitrogens with zero attached hydrogens (tertiary/aromatic N) is 1. The second kappa shape index (κ2) is 5.48. The maximum Gasteiger partial charge on any atom is 0.322 e. The Morgan fingerprint density at radius 1 is 1.45 bits per heavy atom. The highest BCUT2D eigenvalue weighted by Gasteiger charge is 2.41. The number of hydrogen-bond acceptors (Lipinski definition) is 2. The van der Waals surface area contributed by atoms with Gasteiger partial charge in [-0.25, -0.2) is 9.18 Å². The van der Waals surface area contributed by atoms with Crippen molar-refractivity contribution in [1.29, 1.82) is 0 Å². The number of carbonyl (C=O) groups excluding carboxylic acids is 1. The maximum absolute atomic E-state index is 13.1. The number of benzene rings is 1. The van der Waals surface area contributed by atoms with Crippen LogP contribution in [-0.4, -0.2) is 29.7 Å². The van der Waals surface area contributed by atoms with Crippen molar-refractivity contribution < 1.29 is 19.1 Å². The van der Waals surface area contributed by atoms with E-state index in [1.807, 2.05) is 0 Å². The van der Waals surface area contributed by atoms with E-state index in [9.17, 15) is 14.0 Å². The van der Waals surface area contributed by atoms with Gasteiger partial charge in [-0.05, 0) is 37.5 Å². The second-order valence-electron chi connectivity index (χ2n) is 5.17. The lowest BCUT2D eigenvalue weighted by Gasteiger charge is -2.42. The van der Waals surface area contributed by atoms with E-state index in [4.69, 9.17) is 5.11 Å². The van der Waals surface area contributed by atoms with Crippen LogP contribution >= 0.6 is 0 Å². The van der Waals surface area contributed by atoms with E-state index < -0.39 is 23.4 Å². The van der Waals surface area contributed by atoms with Crippen LogP contribution in [0, 0.1) is 5.82 Å². The number of urea groups is 1. The third-order valence-corrected chi connectivity index (χ3v) is 3.67. The van der Waals surface area contributed by atoms with Gasteiger partial charge in [-0.15, -0.1) is 0 Å².